The van der Waals surface area contributed by atoms with Crippen molar-refractivity contribution in [3.63, 3.8) is 0 Å². The zero-order valence-corrected chi connectivity index (χ0v) is 29.8. The predicted octanol–water partition coefficient (Wildman–Crippen LogP) is 6.41. The average molecular weight is 729 g/mol. The number of carboxylic acid groups (broad SMARTS) is 1. The minimum atomic E-state index is -1.17. The fourth-order valence-corrected chi connectivity index (χ4v) is 7.26. The molecule has 2 aliphatic rings. The van der Waals surface area contributed by atoms with Gasteiger partial charge in [-0.1, -0.05) is 103 Å². The second-order valence-electron chi connectivity index (χ2n) is 13.2. The highest BCUT2D eigenvalue weighted by atomic mass is 32.1. The van der Waals surface area contributed by atoms with Gasteiger partial charge in [0.1, 0.15) is 24.4 Å². The number of fused-ring (bicyclic) bond motifs is 16. The third kappa shape index (κ3) is 10.1. The lowest BCUT2D eigenvalue weighted by atomic mass is 9.90. The van der Waals surface area contributed by atoms with Crippen molar-refractivity contribution in [2.45, 2.75) is 44.2 Å². The maximum atomic E-state index is 14.3. The molecular weight excluding hydrogens is 689 g/mol. The van der Waals surface area contributed by atoms with Crippen LogP contribution in [-0.2, 0) is 43.2 Å². The van der Waals surface area contributed by atoms with Crippen molar-refractivity contribution in [2.75, 3.05) is 6.61 Å². The van der Waals surface area contributed by atoms with Crippen LogP contribution in [0.4, 0.5) is 0 Å². The van der Waals surface area contributed by atoms with Gasteiger partial charge in [0.2, 0.25) is 11.8 Å². The number of hydrogen-bond acceptors (Lipinski definition) is 7. The Hall–Kier alpha value is -5.87. The van der Waals surface area contributed by atoms with E-state index in [1.165, 1.54) is 11.3 Å². The Morgan fingerprint density at radius 2 is 1.38 bits per heavy atom. The maximum absolute atomic E-state index is 14.3. The van der Waals surface area contributed by atoms with Crippen molar-refractivity contribution in [3.05, 3.63) is 148 Å². The van der Waals surface area contributed by atoms with E-state index in [1.807, 2.05) is 72.1 Å². The first-order valence-electron chi connectivity index (χ1n) is 17.5. The largest absolute Gasteiger partial charge is 0.486 e. The summed E-state index contributed by atoms with van der Waals surface area (Å²) in [6, 6.07) is 34.4. The lowest BCUT2D eigenvalue weighted by molar-refractivity contribution is -0.144. The number of hydrogen-bond donors (Lipinski definition) is 3. The molecule has 4 aromatic carbocycles. The second-order valence-corrected chi connectivity index (χ2v) is 14.3. The van der Waals surface area contributed by atoms with Crippen LogP contribution in [-0.4, -0.2) is 47.1 Å². The molecule has 10 heteroatoms. The third-order valence-electron chi connectivity index (χ3n) is 9.35. The quantitative estimate of drug-likeness (QED) is 0.176. The van der Waals surface area contributed by atoms with Crippen molar-refractivity contribution in [1.82, 2.24) is 10.6 Å². The molecule has 0 saturated carbocycles. The summed E-state index contributed by atoms with van der Waals surface area (Å²) in [5.74, 6) is -4.46. The van der Waals surface area contributed by atoms with Crippen LogP contribution in [0.1, 0.15) is 40.5 Å². The number of carbonyl (C=O) groups excluding carboxylic acids is 4. The Labute approximate surface area is 312 Å². The Morgan fingerprint density at radius 3 is 2.04 bits per heavy atom. The van der Waals surface area contributed by atoms with Gasteiger partial charge in [-0.15, -0.1) is 11.3 Å². The molecule has 4 atom stereocenters. The average Bonchev–Trinajstić information content (AvgIpc) is 3.69. The monoisotopic (exact) mass is 728 g/mol. The van der Waals surface area contributed by atoms with Gasteiger partial charge in [0, 0.05) is 30.1 Å². The van der Waals surface area contributed by atoms with E-state index in [-0.39, 0.29) is 44.5 Å². The van der Waals surface area contributed by atoms with Crippen LogP contribution in [0.15, 0.2) is 127 Å². The van der Waals surface area contributed by atoms with E-state index in [0.29, 0.717) is 16.9 Å². The number of aliphatic carboxylic acids is 1. The number of rotatable bonds is 7. The predicted molar refractivity (Wildman–Crippen MR) is 202 cm³/mol. The number of nitrogens with one attached hydrogen (secondary N) is 2. The number of thiophene rings is 1. The molecule has 0 spiro atoms. The SMILES string of the molecule is O=C1COc2ccc(cc2)C[C@@H](C(=O)O)CC(=O)[C@H](c2ccccc2)NC(=O)[C@@H](Cc2ccc(-c3ccccc3)cc2)NC(=O)[C@H](Cc2cccs2)C1. The van der Waals surface area contributed by atoms with Gasteiger partial charge in [0.05, 0.1) is 5.92 Å². The topological polar surface area (TPSA) is 139 Å². The van der Waals surface area contributed by atoms with Gasteiger partial charge < -0.3 is 20.5 Å². The van der Waals surface area contributed by atoms with E-state index in [1.54, 1.807) is 54.6 Å². The molecule has 0 fully saturated rings. The molecule has 3 heterocycles. The molecular formula is C43H40N2O7S. The molecule has 2 amide bonds. The normalized spacial score (nSPS) is 20.3. The van der Waals surface area contributed by atoms with E-state index in [2.05, 4.69) is 10.6 Å². The van der Waals surface area contributed by atoms with Crippen LogP contribution in [0.3, 0.4) is 0 Å². The smallest absolute Gasteiger partial charge is 0.307 e. The molecule has 3 N–H and O–H groups in total. The molecule has 2 bridgehead atoms. The van der Waals surface area contributed by atoms with E-state index in [9.17, 15) is 29.1 Å². The molecule has 7 rings (SSSR count). The maximum Gasteiger partial charge on any atom is 0.307 e. The lowest BCUT2D eigenvalue weighted by Crippen LogP contribution is -2.51. The molecule has 5 aromatic rings. The van der Waals surface area contributed by atoms with E-state index in [0.717, 1.165) is 21.6 Å². The zero-order chi connectivity index (χ0) is 37.2. The fraction of sp³-hybridized carbons (Fsp3) is 0.233. The van der Waals surface area contributed by atoms with Gasteiger partial charge in [-0.25, -0.2) is 0 Å². The molecule has 1 aromatic heterocycles. The summed E-state index contributed by atoms with van der Waals surface area (Å²) >= 11 is 1.47. The van der Waals surface area contributed by atoms with Crippen LogP contribution in [0, 0.1) is 11.8 Å². The number of ketones is 2. The van der Waals surface area contributed by atoms with E-state index < -0.39 is 47.5 Å². The van der Waals surface area contributed by atoms with Gasteiger partial charge in [-0.2, -0.15) is 0 Å². The first kappa shape index (κ1) is 36.9. The number of amides is 2. The molecule has 2 aliphatic heterocycles. The molecule has 9 nitrogen and oxygen atoms in total. The zero-order valence-electron chi connectivity index (χ0n) is 29.0. The van der Waals surface area contributed by atoms with Gasteiger partial charge >= 0.3 is 5.97 Å². The summed E-state index contributed by atoms with van der Waals surface area (Å²) in [5, 5.41) is 17.8. The van der Waals surface area contributed by atoms with E-state index in [4.69, 9.17) is 4.74 Å². The van der Waals surface area contributed by atoms with Crippen LogP contribution in [0.2, 0.25) is 0 Å². The number of carboxylic acids is 1. The van der Waals surface area contributed by atoms with Gasteiger partial charge in [-0.3, -0.25) is 24.0 Å². The third-order valence-corrected chi connectivity index (χ3v) is 10.2. The van der Waals surface area contributed by atoms with Crippen LogP contribution in [0.25, 0.3) is 11.1 Å². The van der Waals surface area contributed by atoms with Gasteiger partial charge in [0.15, 0.2) is 11.6 Å². The molecule has 0 saturated heterocycles. The summed E-state index contributed by atoms with van der Waals surface area (Å²) in [6.45, 7) is -0.268. The van der Waals surface area contributed by atoms with Crippen LogP contribution >= 0.6 is 11.3 Å². The summed E-state index contributed by atoms with van der Waals surface area (Å²) in [5.41, 5.74) is 3.94. The van der Waals surface area contributed by atoms with Crippen molar-refractivity contribution in [3.8, 4) is 16.9 Å². The summed E-state index contributed by atoms with van der Waals surface area (Å²) < 4.78 is 5.76. The number of benzene rings is 4. The molecule has 53 heavy (non-hydrogen) atoms. The van der Waals surface area contributed by atoms with Crippen LogP contribution in [0.5, 0.6) is 5.75 Å². The fourth-order valence-electron chi connectivity index (χ4n) is 6.48. The second kappa shape index (κ2) is 17.6. The van der Waals surface area contributed by atoms with Gasteiger partial charge in [0.25, 0.3) is 0 Å². The first-order chi connectivity index (χ1) is 25.7. The van der Waals surface area contributed by atoms with Crippen molar-refractivity contribution in [2.24, 2.45) is 11.8 Å². The number of ether oxygens (including phenoxy) is 1. The van der Waals surface area contributed by atoms with Crippen molar-refractivity contribution in [1.29, 1.82) is 0 Å². The minimum Gasteiger partial charge on any atom is -0.486 e. The number of carbonyl (C=O) groups is 5. The Balaban J connectivity index is 1.35. The Morgan fingerprint density at radius 1 is 0.698 bits per heavy atom. The highest BCUT2D eigenvalue weighted by Crippen LogP contribution is 2.25. The van der Waals surface area contributed by atoms with Crippen LogP contribution < -0.4 is 15.4 Å². The van der Waals surface area contributed by atoms with Gasteiger partial charge in [-0.05, 0) is 64.2 Å². The first-order valence-corrected chi connectivity index (χ1v) is 18.4. The van der Waals surface area contributed by atoms with Crippen molar-refractivity contribution < 1.29 is 33.8 Å². The number of Topliss-reactive ketones (excluding diaryl/α,β-unsaturated/α-hetero) is 2. The van der Waals surface area contributed by atoms with E-state index >= 15 is 0 Å². The standard InChI is InChI=1S/C43H40N2O7S/c46-35-24-33(25-37-12-7-21-53-37)41(48)44-38(23-29-13-17-31(18-14-29)30-8-3-1-4-9-30)42(49)45-40(32-10-5-2-6-11-32)39(47)26-34(43(50)51)22-28-15-19-36(20-16-28)52-27-35/h1-21,33-34,38,40H,22-27H2,(H,44,48)(H,45,49)(H,50,51)/t33-,34+,38+,40-/m0/s1. The highest BCUT2D eigenvalue weighted by Gasteiger charge is 2.33. The van der Waals surface area contributed by atoms with Crippen molar-refractivity contribution >= 4 is 40.7 Å². The summed E-state index contributed by atoms with van der Waals surface area (Å²) in [4.78, 5) is 69.1. The Kier molecular flexibility index (Phi) is 12.2. The molecule has 0 radical (unpaired) electrons. The molecule has 270 valence electrons. The molecule has 0 unspecified atom stereocenters. The molecule has 0 aliphatic carbocycles. The Bertz CT molecular complexity index is 2020. The lowest BCUT2D eigenvalue weighted by Gasteiger charge is -2.26. The minimum absolute atomic E-state index is 0.0673. The summed E-state index contributed by atoms with van der Waals surface area (Å²) in [6.07, 6.45) is -0.0173. The highest BCUT2D eigenvalue weighted by molar-refractivity contribution is 7.09. The summed E-state index contributed by atoms with van der Waals surface area (Å²) in [7, 11) is 0.